The van der Waals surface area contributed by atoms with Crippen LogP contribution in [0.25, 0.3) is 0 Å². The van der Waals surface area contributed by atoms with Gasteiger partial charge in [0.25, 0.3) is 0 Å². The highest BCUT2D eigenvalue weighted by Gasteiger charge is 2.17. The van der Waals surface area contributed by atoms with Crippen molar-refractivity contribution in [1.29, 1.82) is 0 Å². The highest BCUT2D eigenvalue weighted by molar-refractivity contribution is 4.75. The molecule has 0 aliphatic carbocycles. The van der Waals surface area contributed by atoms with E-state index in [0.717, 1.165) is 12.8 Å². The van der Waals surface area contributed by atoms with Gasteiger partial charge in [-0.15, -0.1) is 0 Å². The average Bonchev–Trinajstić information content (AvgIpc) is 2.02. The molecule has 0 aromatic heterocycles. The van der Waals surface area contributed by atoms with Crippen LogP contribution in [0.3, 0.4) is 0 Å². The summed E-state index contributed by atoms with van der Waals surface area (Å²) in [6.45, 7) is 6.55. The number of hydrogen-bond donors (Lipinski definition) is 3. The second-order valence-corrected chi connectivity index (χ2v) is 3.64. The smallest absolute Gasteiger partial charge is 0.0741 e. The molecule has 3 nitrogen and oxygen atoms in total. The van der Waals surface area contributed by atoms with Gasteiger partial charge in [-0.2, -0.15) is 0 Å². The fourth-order valence-electron chi connectivity index (χ4n) is 0.815. The standard InChI is InChI=1S/C9H21NO2/c1-4-9(3,12)7-10-8(2)5-6-11/h8,10-12H,4-7H2,1-3H3. The molecule has 3 N–H and O–H groups in total. The zero-order valence-corrected chi connectivity index (χ0v) is 8.30. The number of aliphatic hydroxyl groups excluding tert-OH is 1. The van der Waals surface area contributed by atoms with Crippen LogP contribution in [0.15, 0.2) is 0 Å². The summed E-state index contributed by atoms with van der Waals surface area (Å²) < 4.78 is 0. The first-order chi connectivity index (χ1) is 5.52. The van der Waals surface area contributed by atoms with Crippen molar-refractivity contribution in [2.24, 2.45) is 0 Å². The minimum Gasteiger partial charge on any atom is -0.396 e. The zero-order valence-electron chi connectivity index (χ0n) is 8.30. The summed E-state index contributed by atoms with van der Waals surface area (Å²) in [5.74, 6) is 0. The van der Waals surface area contributed by atoms with E-state index in [9.17, 15) is 5.11 Å². The largest absolute Gasteiger partial charge is 0.396 e. The van der Waals surface area contributed by atoms with Crippen molar-refractivity contribution in [3.05, 3.63) is 0 Å². The lowest BCUT2D eigenvalue weighted by Crippen LogP contribution is -2.41. The third-order valence-corrected chi connectivity index (χ3v) is 2.16. The lowest BCUT2D eigenvalue weighted by molar-refractivity contribution is 0.0524. The predicted molar refractivity (Wildman–Crippen MR) is 50.1 cm³/mol. The molecular weight excluding hydrogens is 154 g/mol. The van der Waals surface area contributed by atoms with Crippen LogP contribution in [0.1, 0.15) is 33.6 Å². The molecule has 0 bridgehead atoms. The maximum absolute atomic E-state index is 9.62. The van der Waals surface area contributed by atoms with Crippen LogP contribution in [0.4, 0.5) is 0 Å². The van der Waals surface area contributed by atoms with E-state index >= 15 is 0 Å². The molecule has 0 aliphatic rings. The normalized spacial score (nSPS) is 18.8. The van der Waals surface area contributed by atoms with Gasteiger partial charge in [0.15, 0.2) is 0 Å². The van der Waals surface area contributed by atoms with Gasteiger partial charge in [-0.05, 0) is 26.7 Å². The fourth-order valence-corrected chi connectivity index (χ4v) is 0.815. The second kappa shape index (κ2) is 5.51. The van der Waals surface area contributed by atoms with Gasteiger partial charge in [0.05, 0.1) is 5.60 Å². The number of rotatable bonds is 6. The van der Waals surface area contributed by atoms with Crippen molar-refractivity contribution < 1.29 is 10.2 Å². The molecule has 0 heterocycles. The molecule has 2 atom stereocenters. The van der Waals surface area contributed by atoms with Crippen LogP contribution in [-0.4, -0.2) is 35.0 Å². The van der Waals surface area contributed by atoms with Gasteiger partial charge in [-0.25, -0.2) is 0 Å². The molecule has 0 aliphatic heterocycles. The highest BCUT2D eigenvalue weighted by Crippen LogP contribution is 2.06. The van der Waals surface area contributed by atoms with Crippen molar-refractivity contribution in [2.45, 2.75) is 45.3 Å². The Morgan fingerprint density at radius 3 is 2.50 bits per heavy atom. The Labute approximate surface area is 74.8 Å². The van der Waals surface area contributed by atoms with E-state index in [1.807, 2.05) is 20.8 Å². The Bertz CT molecular complexity index is 115. The van der Waals surface area contributed by atoms with Crippen molar-refractivity contribution in [3.8, 4) is 0 Å². The van der Waals surface area contributed by atoms with Crippen molar-refractivity contribution >= 4 is 0 Å². The van der Waals surface area contributed by atoms with Crippen LogP contribution in [0, 0.1) is 0 Å². The first-order valence-corrected chi connectivity index (χ1v) is 4.58. The molecule has 0 amide bonds. The van der Waals surface area contributed by atoms with Crippen LogP contribution in [-0.2, 0) is 0 Å². The zero-order chi connectivity index (χ0) is 9.61. The topological polar surface area (TPSA) is 52.5 Å². The monoisotopic (exact) mass is 175 g/mol. The molecule has 0 saturated heterocycles. The fraction of sp³-hybridized carbons (Fsp3) is 1.00. The molecule has 2 unspecified atom stereocenters. The van der Waals surface area contributed by atoms with Crippen molar-refractivity contribution in [3.63, 3.8) is 0 Å². The van der Waals surface area contributed by atoms with Crippen LogP contribution < -0.4 is 5.32 Å². The Hall–Kier alpha value is -0.120. The number of nitrogens with one attached hydrogen (secondary N) is 1. The molecule has 0 fully saturated rings. The van der Waals surface area contributed by atoms with E-state index < -0.39 is 5.60 Å². The molecule has 3 heteroatoms. The Kier molecular flexibility index (Phi) is 5.46. The van der Waals surface area contributed by atoms with Gasteiger partial charge in [0.2, 0.25) is 0 Å². The SMILES string of the molecule is CCC(C)(O)CNC(C)CCO. The molecule has 0 spiro atoms. The first kappa shape index (κ1) is 11.9. The van der Waals surface area contributed by atoms with E-state index in [-0.39, 0.29) is 12.6 Å². The molecule has 0 aromatic rings. The summed E-state index contributed by atoms with van der Waals surface area (Å²) in [5.41, 5.74) is -0.621. The Balaban J connectivity index is 3.52. The summed E-state index contributed by atoms with van der Waals surface area (Å²) in [7, 11) is 0. The van der Waals surface area contributed by atoms with E-state index in [4.69, 9.17) is 5.11 Å². The Morgan fingerprint density at radius 2 is 2.08 bits per heavy atom. The van der Waals surface area contributed by atoms with Gasteiger partial charge in [0.1, 0.15) is 0 Å². The summed E-state index contributed by atoms with van der Waals surface area (Å²) in [6, 6.07) is 0.271. The van der Waals surface area contributed by atoms with Gasteiger partial charge >= 0.3 is 0 Å². The molecule has 0 aromatic carbocycles. The van der Waals surface area contributed by atoms with Crippen LogP contribution in [0.5, 0.6) is 0 Å². The van der Waals surface area contributed by atoms with Crippen molar-refractivity contribution in [1.82, 2.24) is 5.32 Å². The number of hydrogen-bond acceptors (Lipinski definition) is 3. The summed E-state index contributed by atoms with van der Waals surface area (Å²) in [6.07, 6.45) is 1.48. The van der Waals surface area contributed by atoms with Gasteiger partial charge in [-0.1, -0.05) is 6.92 Å². The molecule has 0 rings (SSSR count). The maximum Gasteiger partial charge on any atom is 0.0741 e. The minimum atomic E-state index is -0.621. The maximum atomic E-state index is 9.62. The van der Waals surface area contributed by atoms with Gasteiger partial charge < -0.3 is 15.5 Å². The van der Waals surface area contributed by atoms with E-state index in [0.29, 0.717) is 6.54 Å². The second-order valence-electron chi connectivity index (χ2n) is 3.64. The van der Waals surface area contributed by atoms with E-state index in [1.165, 1.54) is 0 Å². The third-order valence-electron chi connectivity index (χ3n) is 2.16. The van der Waals surface area contributed by atoms with Crippen LogP contribution in [0.2, 0.25) is 0 Å². The summed E-state index contributed by atoms with van der Waals surface area (Å²) in [5, 5.41) is 21.4. The van der Waals surface area contributed by atoms with Crippen molar-refractivity contribution in [2.75, 3.05) is 13.2 Å². The first-order valence-electron chi connectivity index (χ1n) is 4.58. The lowest BCUT2D eigenvalue weighted by Gasteiger charge is -2.24. The van der Waals surface area contributed by atoms with Crippen LogP contribution >= 0.6 is 0 Å². The lowest BCUT2D eigenvalue weighted by atomic mass is 10.0. The number of aliphatic hydroxyl groups is 2. The predicted octanol–water partition coefficient (Wildman–Crippen LogP) is 0.508. The molecule has 0 saturated carbocycles. The van der Waals surface area contributed by atoms with E-state index in [1.54, 1.807) is 0 Å². The van der Waals surface area contributed by atoms with Gasteiger partial charge in [0, 0.05) is 19.2 Å². The van der Waals surface area contributed by atoms with Gasteiger partial charge in [-0.3, -0.25) is 0 Å². The summed E-state index contributed by atoms with van der Waals surface area (Å²) >= 11 is 0. The Morgan fingerprint density at radius 1 is 1.50 bits per heavy atom. The average molecular weight is 175 g/mol. The molecule has 74 valence electrons. The molecular formula is C9H21NO2. The minimum absolute atomic E-state index is 0.197. The van der Waals surface area contributed by atoms with E-state index in [2.05, 4.69) is 5.32 Å². The summed E-state index contributed by atoms with van der Waals surface area (Å²) in [4.78, 5) is 0. The quantitative estimate of drug-likeness (QED) is 0.551. The molecule has 12 heavy (non-hydrogen) atoms. The molecule has 0 radical (unpaired) electrons. The highest BCUT2D eigenvalue weighted by atomic mass is 16.3. The third kappa shape index (κ3) is 5.52.